The zero-order valence-electron chi connectivity index (χ0n) is 14.2. The minimum Gasteiger partial charge on any atom is -0.494 e. The number of nitrogens with zero attached hydrogens (tertiary/aromatic N) is 1. The van der Waals surface area contributed by atoms with Crippen LogP contribution in [0.1, 0.15) is 17.5 Å². The van der Waals surface area contributed by atoms with E-state index in [9.17, 15) is 18.4 Å². The SMILES string of the molecule is COc1cccc(CCC(=O)N(CC(=O)O)Cc2ccc(F)cc2)c1F. The Kier molecular flexibility index (Phi) is 6.66. The fraction of sp³-hybridized carbons (Fsp3) is 0.263. The molecule has 1 amide bonds. The van der Waals surface area contributed by atoms with E-state index in [0.29, 0.717) is 11.1 Å². The van der Waals surface area contributed by atoms with Gasteiger partial charge in [0.2, 0.25) is 5.91 Å². The van der Waals surface area contributed by atoms with Crippen molar-refractivity contribution in [1.29, 1.82) is 0 Å². The van der Waals surface area contributed by atoms with E-state index >= 15 is 0 Å². The number of carboxylic acid groups (broad SMARTS) is 1. The van der Waals surface area contributed by atoms with Gasteiger partial charge in [-0.3, -0.25) is 9.59 Å². The second-order valence-electron chi connectivity index (χ2n) is 5.70. The van der Waals surface area contributed by atoms with Gasteiger partial charge in [0.25, 0.3) is 0 Å². The quantitative estimate of drug-likeness (QED) is 0.783. The molecule has 0 saturated heterocycles. The summed E-state index contributed by atoms with van der Waals surface area (Å²) in [5.74, 6) is -2.46. The highest BCUT2D eigenvalue weighted by Gasteiger charge is 2.18. The summed E-state index contributed by atoms with van der Waals surface area (Å²) in [4.78, 5) is 24.6. The Morgan fingerprint density at radius 1 is 1.12 bits per heavy atom. The molecule has 0 atom stereocenters. The van der Waals surface area contributed by atoms with Crippen molar-refractivity contribution in [2.45, 2.75) is 19.4 Å². The highest BCUT2D eigenvalue weighted by Crippen LogP contribution is 2.21. The maximum Gasteiger partial charge on any atom is 0.323 e. The van der Waals surface area contributed by atoms with Crippen LogP contribution >= 0.6 is 0 Å². The van der Waals surface area contributed by atoms with Gasteiger partial charge in [-0.2, -0.15) is 0 Å². The maximum absolute atomic E-state index is 14.1. The van der Waals surface area contributed by atoms with Gasteiger partial charge >= 0.3 is 5.97 Å². The lowest BCUT2D eigenvalue weighted by atomic mass is 10.1. The van der Waals surface area contributed by atoms with Gasteiger partial charge in [-0.1, -0.05) is 24.3 Å². The number of hydrogen-bond donors (Lipinski definition) is 1. The molecule has 0 unspecified atom stereocenters. The molecule has 0 spiro atoms. The summed E-state index contributed by atoms with van der Waals surface area (Å²) in [6, 6.07) is 10.1. The Labute approximate surface area is 149 Å². The number of carbonyl (C=O) groups is 2. The number of aliphatic carboxylic acids is 1. The van der Waals surface area contributed by atoms with Crippen LogP contribution in [0.4, 0.5) is 8.78 Å². The molecule has 0 radical (unpaired) electrons. The summed E-state index contributed by atoms with van der Waals surface area (Å²) >= 11 is 0. The van der Waals surface area contributed by atoms with Crippen LogP contribution < -0.4 is 4.74 Å². The van der Waals surface area contributed by atoms with Gasteiger partial charge in [-0.15, -0.1) is 0 Å². The average molecular weight is 363 g/mol. The van der Waals surface area contributed by atoms with Crippen LogP contribution in [-0.4, -0.2) is 35.5 Å². The molecule has 7 heteroatoms. The lowest BCUT2D eigenvalue weighted by Gasteiger charge is -2.21. The molecular formula is C19H19F2NO4. The topological polar surface area (TPSA) is 66.8 Å². The van der Waals surface area contributed by atoms with Crippen molar-refractivity contribution in [3.05, 3.63) is 65.2 Å². The van der Waals surface area contributed by atoms with E-state index in [1.54, 1.807) is 12.1 Å². The van der Waals surface area contributed by atoms with E-state index in [1.165, 1.54) is 37.4 Å². The van der Waals surface area contributed by atoms with Gasteiger partial charge in [0.15, 0.2) is 11.6 Å². The van der Waals surface area contributed by atoms with E-state index in [-0.39, 0.29) is 25.1 Å². The number of halogens is 2. The first-order valence-electron chi connectivity index (χ1n) is 7.96. The van der Waals surface area contributed by atoms with Crippen LogP contribution in [0.2, 0.25) is 0 Å². The monoisotopic (exact) mass is 363 g/mol. The van der Waals surface area contributed by atoms with Crippen molar-refractivity contribution >= 4 is 11.9 Å². The number of benzene rings is 2. The van der Waals surface area contributed by atoms with Crippen LogP contribution in [0.5, 0.6) is 5.75 Å². The fourth-order valence-corrected chi connectivity index (χ4v) is 2.51. The molecule has 0 aliphatic heterocycles. The second kappa shape index (κ2) is 8.94. The molecule has 0 aliphatic carbocycles. The Bertz CT molecular complexity index is 778. The second-order valence-corrected chi connectivity index (χ2v) is 5.70. The molecule has 2 aromatic rings. The molecule has 5 nitrogen and oxygen atoms in total. The van der Waals surface area contributed by atoms with Gasteiger partial charge in [-0.25, -0.2) is 8.78 Å². The molecule has 1 N–H and O–H groups in total. The molecule has 0 fully saturated rings. The first kappa shape index (κ1) is 19.4. The largest absolute Gasteiger partial charge is 0.494 e. The van der Waals surface area contributed by atoms with Gasteiger partial charge in [0.05, 0.1) is 7.11 Å². The highest BCUT2D eigenvalue weighted by atomic mass is 19.1. The normalized spacial score (nSPS) is 10.4. The summed E-state index contributed by atoms with van der Waals surface area (Å²) in [6.07, 6.45) is 0.0555. The number of ether oxygens (including phenoxy) is 1. The summed E-state index contributed by atoms with van der Waals surface area (Å²) in [7, 11) is 1.35. The third-order valence-corrected chi connectivity index (χ3v) is 3.84. The first-order valence-corrected chi connectivity index (χ1v) is 7.96. The summed E-state index contributed by atoms with van der Waals surface area (Å²) in [5, 5.41) is 9.02. The van der Waals surface area contributed by atoms with E-state index in [2.05, 4.69) is 0 Å². The maximum atomic E-state index is 14.1. The number of carbonyl (C=O) groups excluding carboxylic acids is 1. The van der Waals surface area contributed by atoms with Crippen molar-refractivity contribution in [2.24, 2.45) is 0 Å². The minimum absolute atomic E-state index is 0.0337. The molecule has 0 saturated carbocycles. The van der Waals surface area contributed by atoms with E-state index < -0.39 is 30.1 Å². The molecule has 26 heavy (non-hydrogen) atoms. The third-order valence-electron chi connectivity index (χ3n) is 3.84. The average Bonchev–Trinajstić information content (AvgIpc) is 2.61. The molecular weight excluding hydrogens is 344 g/mol. The van der Waals surface area contributed by atoms with Crippen molar-refractivity contribution in [1.82, 2.24) is 4.90 Å². The lowest BCUT2D eigenvalue weighted by Crippen LogP contribution is -2.35. The van der Waals surface area contributed by atoms with Gasteiger partial charge in [-0.05, 0) is 35.7 Å². The molecule has 2 aromatic carbocycles. The molecule has 0 aromatic heterocycles. The summed E-state index contributed by atoms with van der Waals surface area (Å²) < 4.78 is 32.0. The number of carboxylic acids is 1. The molecule has 0 aliphatic rings. The molecule has 138 valence electrons. The number of aryl methyl sites for hydroxylation is 1. The van der Waals surface area contributed by atoms with Crippen molar-refractivity contribution in [2.75, 3.05) is 13.7 Å². The van der Waals surface area contributed by atoms with Crippen LogP contribution in [-0.2, 0) is 22.6 Å². The Hall–Kier alpha value is -2.96. The number of methoxy groups -OCH3 is 1. The number of amides is 1. The van der Waals surface area contributed by atoms with Gasteiger partial charge < -0.3 is 14.7 Å². The summed E-state index contributed by atoms with van der Waals surface area (Å²) in [5.41, 5.74) is 0.920. The number of hydrogen-bond acceptors (Lipinski definition) is 3. The van der Waals surface area contributed by atoms with Crippen LogP contribution in [0.15, 0.2) is 42.5 Å². The van der Waals surface area contributed by atoms with E-state index in [4.69, 9.17) is 9.84 Å². The Morgan fingerprint density at radius 3 is 2.42 bits per heavy atom. The zero-order chi connectivity index (χ0) is 19.1. The molecule has 0 bridgehead atoms. The van der Waals surface area contributed by atoms with Crippen LogP contribution in [0.25, 0.3) is 0 Å². The van der Waals surface area contributed by atoms with Crippen LogP contribution in [0.3, 0.4) is 0 Å². The predicted octanol–water partition coefficient (Wildman–Crippen LogP) is 3.02. The standard InChI is InChI=1S/C19H19F2NO4/c1-26-16-4-2-3-14(19(16)21)7-10-17(23)22(12-18(24)25)11-13-5-8-15(20)9-6-13/h2-6,8-9H,7,10-12H2,1H3,(H,24,25). The minimum atomic E-state index is -1.16. The van der Waals surface area contributed by atoms with E-state index in [0.717, 1.165) is 4.90 Å². The fourth-order valence-electron chi connectivity index (χ4n) is 2.51. The van der Waals surface area contributed by atoms with Crippen molar-refractivity contribution < 1.29 is 28.2 Å². The Morgan fingerprint density at radius 2 is 1.81 bits per heavy atom. The van der Waals surface area contributed by atoms with Crippen molar-refractivity contribution in [3.8, 4) is 5.75 Å². The predicted molar refractivity (Wildman–Crippen MR) is 90.7 cm³/mol. The van der Waals surface area contributed by atoms with Crippen LogP contribution in [0, 0.1) is 11.6 Å². The number of rotatable bonds is 8. The molecule has 2 rings (SSSR count). The lowest BCUT2D eigenvalue weighted by molar-refractivity contribution is -0.144. The van der Waals surface area contributed by atoms with Crippen molar-refractivity contribution in [3.63, 3.8) is 0 Å². The zero-order valence-corrected chi connectivity index (χ0v) is 14.2. The highest BCUT2D eigenvalue weighted by molar-refractivity contribution is 5.81. The van der Waals surface area contributed by atoms with Gasteiger partial charge in [0.1, 0.15) is 12.4 Å². The third kappa shape index (κ3) is 5.27. The molecule has 0 heterocycles. The Balaban J connectivity index is 2.06. The van der Waals surface area contributed by atoms with E-state index in [1.807, 2.05) is 0 Å². The summed E-state index contributed by atoms with van der Waals surface area (Å²) in [6.45, 7) is -0.456. The van der Waals surface area contributed by atoms with Gasteiger partial charge in [0, 0.05) is 13.0 Å². The first-order chi connectivity index (χ1) is 12.4. The smallest absolute Gasteiger partial charge is 0.323 e.